The lowest BCUT2D eigenvalue weighted by atomic mass is 10.0. The number of H-pyrrole nitrogens is 1. The molecule has 2 rings (SSSR count). The lowest BCUT2D eigenvalue weighted by Crippen LogP contribution is -2.27. The molecule has 1 heterocycles. The Morgan fingerprint density at radius 2 is 1.89 bits per heavy atom. The number of benzene rings is 1. The minimum absolute atomic E-state index is 0.192. The molecule has 0 aliphatic heterocycles. The Bertz CT molecular complexity index is 806. The molecule has 1 aromatic heterocycles. The van der Waals surface area contributed by atoms with Gasteiger partial charge in [-0.3, -0.25) is 5.41 Å². The molecule has 7 N–H and O–H groups in total. The number of halogens is 1. The Morgan fingerprint density at radius 3 is 2.48 bits per heavy atom. The highest BCUT2D eigenvalue weighted by Gasteiger charge is 2.20. The monoisotopic (exact) mass is 385 g/mol. The highest BCUT2D eigenvalue weighted by Crippen LogP contribution is 2.27. The van der Waals surface area contributed by atoms with Crippen LogP contribution in [0.4, 0.5) is 0 Å². The Balaban J connectivity index is 2.40. The smallest absolute Gasteiger partial charge is 0.107 e. The Morgan fingerprint density at radius 1 is 1.19 bits per heavy atom. The molecular weight excluding hydrogens is 358 g/mol. The summed E-state index contributed by atoms with van der Waals surface area (Å²) in [6.45, 7) is 5.07. The van der Waals surface area contributed by atoms with E-state index in [1.54, 1.807) is 12.3 Å². The van der Waals surface area contributed by atoms with E-state index in [0.29, 0.717) is 35.2 Å². The summed E-state index contributed by atoms with van der Waals surface area (Å²) in [7, 11) is 0. The van der Waals surface area contributed by atoms with Crippen molar-refractivity contribution < 1.29 is 0 Å². The predicted molar refractivity (Wildman–Crippen MR) is 114 cm³/mol. The van der Waals surface area contributed by atoms with Gasteiger partial charge < -0.3 is 21.8 Å². The van der Waals surface area contributed by atoms with E-state index >= 15 is 0 Å². The van der Waals surface area contributed by atoms with Gasteiger partial charge in [-0.05, 0) is 30.0 Å². The molecule has 0 fully saturated rings. The van der Waals surface area contributed by atoms with Crippen LogP contribution in [0.5, 0.6) is 0 Å². The molecule has 0 spiro atoms. The molecule has 0 radical (unpaired) electrons. The van der Waals surface area contributed by atoms with Crippen molar-refractivity contribution >= 4 is 23.0 Å². The second kappa shape index (κ2) is 9.88. The summed E-state index contributed by atoms with van der Waals surface area (Å²) in [4.78, 5) is 3.03. The standard InChI is InChI=1S/C21H28ClN5/c1-3-14(2)11-13-27-21(25)17(20(24)16-10-7-12-26-16)18(22)19(23)15-8-5-4-6-9-15/h4-10,12,14,24,26-27H,3,11,13,23,25H2,1-2H3/b19-18+,21-17-,24-20?. The van der Waals surface area contributed by atoms with Crippen LogP contribution in [0.25, 0.3) is 5.70 Å². The second-order valence-corrected chi connectivity index (χ2v) is 6.95. The molecular formula is C21H28ClN5. The van der Waals surface area contributed by atoms with Crippen LogP contribution in [-0.4, -0.2) is 17.2 Å². The topological polar surface area (TPSA) is 104 Å². The number of nitrogens with one attached hydrogen (secondary N) is 3. The van der Waals surface area contributed by atoms with E-state index in [-0.39, 0.29) is 10.7 Å². The van der Waals surface area contributed by atoms with Gasteiger partial charge in [-0.1, -0.05) is 62.2 Å². The molecule has 0 saturated heterocycles. The van der Waals surface area contributed by atoms with E-state index in [2.05, 4.69) is 24.1 Å². The summed E-state index contributed by atoms with van der Waals surface area (Å²) < 4.78 is 0. The van der Waals surface area contributed by atoms with Gasteiger partial charge in [0.05, 0.1) is 27.7 Å². The van der Waals surface area contributed by atoms with Crippen molar-refractivity contribution in [3.05, 3.63) is 76.3 Å². The normalized spacial score (nSPS) is 14.2. The lowest BCUT2D eigenvalue weighted by molar-refractivity contribution is 0.502. The molecule has 0 bridgehead atoms. The Labute approximate surface area is 166 Å². The zero-order valence-corrected chi connectivity index (χ0v) is 16.6. The summed E-state index contributed by atoms with van der Waals surface area (Å²) in [6, 6.07) is 13.1. The fourth-order valence-electron chi connectivity index (χ4n) is 2.61. The number of hydrogen-bond acceptors (Lipinski definition) is 4. The van der Waals surface area contributed by atoms with Crippen LogP contribution < -0.4 is 16.8 Å². The molecule has 2 aromatic rings. The average molecular weight is 386 g/mol. The number of aromatic amines is 1. The summed E-state index contributed by atoms with van der Waals surface area (Å²) >= 11 is 6.63. The first kappa shape index (κ1) is 20.6. The molecule has 1 aromatic carbocycles. The van der Waals surface area contributed by atoms with Crippen LogP contribution in [0, 0.1) is 11.3 Å². The van der Waals surface area contributed by atoms with E-state index in [4.69, 9.17) is 28.5 Å². The van der Waals surface area contributed by atoms with Gasteiger partial charge in [-0.2, -0.15) is 0 Å². The van der Waals surface area contributed by atoms with Crippen molar-refractivity contribution in [2.24, 2.45) is 17.4 Å². The average Bonchev–Trinajstić information content (AvgIpc) is 3.22. The first-order valence-corrected chi connectivity index (χ1v) is 9.50. The van der Waals surface area contributed by atoms with Crippen LogP contribution >= 0.6 is 11.6 Å². The number of allylic oxidation sites excluding steroid dienone is 2. The van der Waals surface area contributed by atoms with Gasteiger partial charge in [0.2, 0.25) is 0 Å². The van der Waals surface area contributed by atoms with Crippen molar-refractivity contribution in [1.29, 1.82) is 5.41 Å². The first-order chi connectivity index (χ1) is 13.0. The fraction of sp³-hybridized carbons (Fsp3) is 0.286. The molecule has 27 heavy (non-hydrogen) atoms. The first-order valence-electron chi connectivity index (χ1n) is 9.13. The largest absolute Gasteiger partial charge is 0.397 e. The van der Waals surface area contributed by atoms with Gasteiger partial charge in [0, 0.05) is 12.7 Å². The SMILES string of the molecule is CCC(C)CCN/C(N)=C(C(=N)c1ccc[nH]1)/C(Cl)=C(\N)c1ccccc1. The summed E-state index contributed by atoms with van der Waals surface area (Å²) in [6.07, 6.45) is 3.85. The van der Waals surface area contributed by atoms with Crippen molar-refractivity contribution in [1.82, 2.24) is 10.3 Å². The molecule has 1 atom stereocenters. The van der Waals surface area contributed by atoms with E-state index in [0.717, 1.165) is 18.4 Å². The zero-order chi connectivity index (χ0) is 19.8. The van der Waals surface area contributed by atoms with Crippen LogP contribution in [0.1, 0.15) is 37.9 Å². The van der Waals surface area contributed by atoms with Gasteiger partial charge in [-0.25, -0.2) is 0 Å². The van der Waals surface area contributed by atoms with Gasteiger partial charge in [0.25, 0.3) is 0 Å². The molecule has 0 saturated carbocycles. The van der Waals surface area contributed by atoms with E-state index in [1.807, 2.05) is 36.4 Å². The number of hydrogen-bond donors (Lipinski definition) is 5. The van der Waals surface area contributed by atoms with Crippen molar-refractivity contribution in [2.75, 3.05) is 6.54 Å². The molecule has 0 aliphatic carbocycles. The molecule has 6 heteroatoms. The highest BCUT2D eigenvalue weighted by molar-refractivity contribution is 6.39. The van der Waals surface area contributed by atoms with E-state index in [9.17, 15) is 0 Å². The Kier molecular flexibility index (Phi) is 7.55. The van der Waals surface area contributed by atoms with E-state index in [1.165, 1.54) is 0 Å². The molecule has 144 valence electrons. The fourth-order valence-corrected chi connectivity index (χ4v) is 2.91. The molecule has 1 unspecified atom stereocenters. The van der Waals surface area contributed by atoms with Crippen molar-refractivity contribution in [3.63, 3.8) is 0 Å². The maximum absolute atomic E-state index is 8.59. The predicted octanol–water partition coefficient (Wildman–Crippen LogP) is 4.14. The molecule has 5 nitrogen and oxygen atoms in total. The van der Waals surface area contributed by atoms with Gasteiger partial charge in [-0.15, -0.1) is 0 Å². The van der Waals surface area contributed by atoms with Gasteiger partial charge in [0.15, 0.2) is 0 Å². The molecule has 0 aliphatic rings. The number of rotatable bonds is 9. The van der Waals surface area contributed by atoms with Gasteiger partial charge in [0.1, 0.15) is 5.82 Å². The maximum atomic E-state index is 8.59. The van der Waals surface area contributed by atoms with Crippen LogP contribution in [-0.2, 0) is 0 Å². The summed E-state index contributed by atoms with van der Waals surface area (Å²) in [5.41, 5.74) is 15.0. The van der Waals surface area contributed by atoms with Crippen molar-refractivity contribution in [3.8, 4) is 0 Å². The summed E-state index contributed by atoms with van der Waals surface area (Å²) in [5, 5.41) is 12.1. The zero-order valence-electron chi connectivity index (χ0n) is 15.9. The minimum atomic E-state index is 0.192. The Hall–Kier alpha value is -2.66. The maximum Gasteiger partial charge on any atom is 0.107 e. The van der Waals surface area contributed by atoms with E-state index < -0.39 is 0 Å². The third-order valence-electron chi connectivity index (χ3n) is 4.58. The second-order valence-electron chi connectivity index (χ2n) is 6.57. The quantitative estimate of drug-likeness (QED) is 0.331. The molecule has 0 amide bonds. The number of aromatic nitrogens is 1. The van der Waals surface area contributed by atoms with Crippen LogP contribution in [0.2, 0.25) is 0 Å². The summed E-state index contributed by atoms with van der Waals surface area (Å²) in [5.74, 6) is 0.943. The lowest BCUT2D eigenvalue weighted by Gasteiger charge is -2.17. The van der Waals surface area contributed by atoms with Crippen LogP contribution in [0.15, 0.2) is 65.1 Å². The third-order valence-corrected chi connectivity index (χ3v) is 4.97. The number of nitrogens with two attached hydrogens (primary N) is 2. The van der Waals surface area contributed by atoms with Crippen LogP contribution in [0.3, 0.4) is 0 Å². The highest BCUT2D eigenvalue weighted by atomic mass is 35.5. The van der Waals surface area contributed by atoms with Gasteiger partial charge >= 0.3 is 0 Å². The third kappa shape index (κ3) is 5.41. The van der Waals surface area contributed by atoms with Crippen molar-refractivity contribution in [2.45, 2.75) is 26.7 Å². The minimum Gasteiger partial charge on any atom is -0.397 e.